The zero-order valence-corrected chi connectivity index (χ0v) is 11.4. The molecule has 0 fully saturated rings. The number of amides is 1. The predicted molar refractivity (Wildman–Crippen MR) is 66.1 cm³/mol. The third-order valence-electron chi connectivity index (χ3n) is 3.31. The lowest BCUT2D eigenvalue weighted by Gasteiger charge is -2.25. The minimum atomic E-state index is -1.01. The second-order valence-corrected chi connectivity index (χ2v) is 4.48. The van der Waals surface area contributed by atoms with Crippen molar-refractivity contribution in [2.24, 2.45) is 5.41 Å². The van der Waals surface area contributed by atoms with Crippen LogP contribution in [0.25, 0.3) is 0 Å². The van der Waals surface area contributed by atoms with Gasteiger partial charge in [0.15, 0.2) is 5.82 Å². The maximum atomic E-state index is 11.8. The second kappa shape index (κ2) is 6.31. The Morgan fingerprint density at radius 2 is 2.00 bits per heavy atom. The third kappa shape index (κ3) is 3.77. The van der Waals surface area contributed by atoms with Crippen molar-refractivity contribution < 1.29 is 19.2 Å². The van der Waals surface area contributed by atoms with Crippen LogP contribution >= 0.6 is 0 Å². The van der Waals surface area contributed by atoms with Gasteiger partial charge in [0.25, 0.3) is 0 Å². The Balaban J connectivity index is 2.56. The van der Waals surface area contributed by atoms with E-state index < -0.39 is 11.4 Å². The van der Waals surface area contributed by atoms with Crippen molar-refractivity contribution in [2.75, 3.05) is 0 Å². The number of hydrogen-bond donors (Lipinski definition) is 2. The average molecular weight is 269 g/mol. The van der Waals surface area contributed by atoms with Crippen LogP contribution < -0.4 is 5.32 Å². The van der Waals surface area contributed by atoms with Gasteiger partial charge in [-0.2, -0.15) is 4.98 Å². The molecule has 0 radical (unpaired) electrons. The highest BCUT2D eigenvalue weighted by Gasteiger charge is 2.37. The van der Waals surface area contributed by atoms with E-state index in [2.05, 4.69) is 15.5 Å². The monoisotopic (exact) mass is 269 g/mol. The summed E-state index contributed by atoms with van der Waals surface area (Å²) in [7, 11) is 0. The Morgan fingerprint density at radius 3 is 2.42 bits per heavy atom. The molecule has 0 spiro atoms. The molecule has 0 saturated heterocycles. The number of rotatable bonds is 7. The van der Waals surface area contributed by atoms with Gasteiger partial charge in [0.05, 0.1) is 12.0 Å². The first-order chi connectivity index (χ1) is 8.93. The van der Waals surface area contributed by atoms with E-state index in [1.807, 2.05) is 0 Å². The van der Waals surface area contributed by atoms with Gasteiger partial charge in [-0.3, -0.25) is 9.59 Å². The first-order valence-corrected chi connectivity index (χ1v) is 6.22. The molecule has 1 aromatic rings. The molecule has 1 rings (SSSR count). The van der Waals surface area contributed by atoms with Crippen molar-refractivity contribution >= 4 is 11.9 Å². The van der Waals surface area contributed by atoms with Crippen LogP contribution in [0.5, 0.6) is 0 Å². The summed E-state index contributed by atoms with van der Waals surface area (Å²) in [6, 6.07) is 0. The number of carboxylic acid groups (broad SMARTS) is 1. The summed E-state index contributed by atoms with van der Waals surface area (Å²) in [5.41, 5.74) is -1.01. The molecule has 0 atom stereocenters. The number of nitrogens with zero attached hydrogens (tertiary/aromatic N) is 2. The summed E-state index contributed by atoms with van der Waals surface area (Å²) in [4.78, 5) is 27.0. The molecule has 0 unspecified atom stereocenters. The lowest BCUT2D eigenvalue weighted by molar-refractivity contribution is -0.152. The SMILES string of the molecule is CCC(CC)(CC(=O)NCc1nc(C)no1)C(=O)O. The van der Waals surface area contributed by atoms with Gasteiger partial charge < -0.3 is 14.9 Å². The van der Waals surface area contributed by atoms with Crippen molar-refractivity contribution in [2.45, 2.75) is 46.6 Å². The van der Waals surface area contributed by atoms with Crippen LogP contribution in [-0.4, -0.2) is 27.1 Å². The maximum absolute atomic E-state index is 11.8. The fourth-order valence-corrected chi connectivity index (χ4v) is 1.83. The molecule has 106 valence electrons. The van der Waals surface area contributed by atoms with E-state index in [1.54, 1.807) is 20.8 Å². The van der Waals surface area contributed by atoms with E-state index >= 15 is 0 Å². The molecular weight excluding hydrogens is 250 g/mol. The predicted octanol–water partition coefficient (Wildman–Crippen LogP) is 1.28. The smallest absolute Gasteiger partial charge is 0.310 e. The molecule has 0 aliphatic rings. The molecule has 7 heteroatoms. The van der Waals surface area contributed by atoms with Gasteiger partial charge in [-0.1, -0.05) is 19.0 Å². The molecule has 1 amide bonds. The summed E-state index contributed by atoms with van der Waals surface area (Å²) in [5, 5.41) is 15.4. The average Bonchev–Trinajstić information content (AvgIpc) is 2.79. The Labute approximate surface area is 111 Å². The molecule has 1 aromatic heterocycles. The van der Waals surface area contributed by atoms with Gasteiger partial charge in [-0.05, 0) is 19.8 Å². The second-order valence-electron chi connectivity index (χ2n) is 4.48. The van der Waals surface area contributed by atoms with E-state index in [1.165, 1.54) is 0 Å². The quantitative estimate of drug-likeness (QED) is 0.772. The number of carbonyl (C=O) groups is 2. The first-order valence-electron chi connectivity index (χ1n) is 6.22. The van der Waals surface area contributed by atoms with Crippen LogP contribution in [0.2, 0.25) is 0 Å². The summed E-state index contributed by atoms with van der Waals surface area (Å²) in [6.45, 7) is 5.33. The largest absolute Gasteiger partial charge is 0.481 e. The maximum Gasteiger partial charge on any atom is 0.310 e. The van der Waals surface area contributed by atoms with Crippen molar-refractivity contribution in [1.29, 1.82) is 0 Å². The Bertz CT molecular complexity index is 452. The summed E-state index contributed by atoms with van der Waals surface area (Å²) in [5.74, 6) is -0.478. The Hall–Kier alpha value is -1.92. The highest BCUT2D eigenvalue weighted by atomic mass is 16.5. The van der Waals surface area contributed by atoms with E-state index in [0.717, 1.165) is 0 Å². The van der Waals surface area contributed by atoms with Gasteiger partial charge >= 0.3 is 5.97 Å². The van der Waals surface area contributed by atoms with E-state index in [-0.39, 0.29) is 18.9 Å². The zero-order valence-electron chi connectivity index (χ0n) is 11.4. The van der Waals surface area contributed by atoms with E-state index in [0.29, 0.717) is 24.6 Å². The molecule has 0 aliphatic carbocycles. The molecular formula is C12H19N3O4. The van der Waals surface area contributed by atoms with Crippen LogP contribution in [0.1, 0.15) is 44.8 Å². The van der Waals surface area contributed by atoms with Crippen LogP contribution in [0.4, 0.5) is 0 Å². The number of hydrogen-bond acceptors (Lipinski definition) is 5. The number of aromatic nitrogens is 2. The van der Waals surface area contributed by atoms with E-state index in [9.17, 15) is 14.7 Å². The lowest BCUT2D eigenvalue weighted by Crippen LogP contribution is -2.36. The van der Waals surface area contributed by atoms with Crippen LogP contribution in [-0.2, 0) is 16.1 Å². The molecule has 19 heavy (non-hydrogen) atoms. The van der Waals surface area contributed by atoms with Crippen LogP contribution in [0.15, 0.2) is 4.52 Å². The van der Waals surface area contributed by atoms with Gasteiger partial charge in [-0.15, -0.1) is 0 Å². The van der Waals surface area contributed by atoms with E-state index in [4.69, 9.17) is 4.52 Å². The molecule has 7 nitrogen and oxygen atoms in total. The van der Waals surface area contributed by atoms with Crippen LogP contribution in [0.3, 0.4) is 0 Å². The third-order valence-corrected chi connectivity index (χ3v) is 3.31. The fourth-order valence-electron chi connectivity index (χ4n) is 1.83. The summed E-state index contributed by atoms with van der Waals surface area (Å²) in [6.07, 6.45) is 0.764. The molecule has 0 saturated carbocycles. The van der Waals surface area contributed by atoms with Crippen molar-refractivity contribution in [3.05, 3.63) is 11.7 Å². The Morgan fingerprint density at radius 1 is 1.37 bits per heavy atom. The number of nitrogens with one attached hydrogen (secondary N) is 1. The normalized spacial score (nSPS) is 11.3. The highest BCUT2D eigenvalue weighted by molar-refractivity contribution is 5.84. The topological polar surface area (TPSA) is 105 Å². The molecule has 0 aromatic carbocycles. The number of carboxylic acids is 1. The number of aliphatic carboxylic acids is 1. The minimum Gasteiger partial charge on any atom is -0.481 e. The summed E-state index contributed by atoms with van der Waals surface area (Å²) >= 11 is 0. The number of carbonyl (C=O) groups excluding carboxylic acids is 1. The molecule has 0 bridgehead atoms. The molecule has 0 aliphatic heterocycles. The van der Waals surface area contributed by atoms with Crippen molar-refractivity contribution in [3.63, 3.8) is 0 Å². The summed E-state index contributed by atoms with van der Waals surface area (Å²) < 4.78 is 4.85. The van der Waals surface area contributed by atoms with Crippen molar-refractivity contribution in [3.8, 4) is 0 Å². The fraction of sp³-hybridized carbons (Fsp3) is 0.667. The number of aryl methyl sites for hydroxylation is 1. The zero-order chi connectivity index (χ0) is 14.5. The van der Waals surface area contributed by atoms with Gasteiger partial charge in [-0.25, -0.2) is 0 Å². The van der Waals surface area contributed by atoms with Crippen molar-refractivity contribution in [1.82, 2.24) is 15.5 Å². The highest BCUT2D eigenvalue weighted by Crippen LogP contribution is 2.30. The standard InChI is InChI=1S/C12H19N3O4/c1-4-12(5-2,11(17)18)6-9(16)13-7-10-14-8(3)15-19-10/h4-7H2,1-3H3,(H,13,16)(H,17,18). The van der Waals surface area contributed by atoms with Crippen LogP contribution in [0, 0.1) is 12.3 Å². The molecule has 1 heterocycles. The van der Waals surface area contributed by atoms with Gasteiger partial charge in [0, 0.05) is 6.42 Å². The minimum absolute atomic E-state index is 0.0531. The van der Waals surface area contributed by atoms with Gasteiger partial charge in [0.2, 0.25) is 11.8 Å². The molecule has 2 N–H and O–H groups in total. The Kier molecular flexibility index (Phi) is 5.02. The first kappa shape index (κ1) is 15.1. The van der Waals surface area contributed by atoms with Gasteiger partial charge in [0.1, 0.15) is 0 Å². The lowest BCUT2D eigenvalue weighted by atomic mass is 9.79.